The Morgan fingerprint density at radius 2 is 1.93 bits per heavy atom. The highest BCUT2D eigenvalue weighted by Crippen LogP contribution is 2.47. The minimum atomic E-state index is -0.217. The molecule has 0 amide bonds. The van der Waals surface area contributed by atoms with Gasteiger partial charge >= 0.3 is 0 Å². The number of allylic oxidation sites excluding steroid dienone is 2. The molecule has 154 valence electrons. The second kappa shape index (κ2) is 8.69. The number of hydrogen-bond donors (Lipinski definition) is 2. The fourth-order valence-electron chi connectivity index (χ4n) is 4.23. The number of halogens is 1. The number of benzene rings is 1. The van der Waals surface area contributed by atoms with Gasteiger partial charge in [-0.3, -0.25) is 9.59 Å². The van der Waals surface area contributed by atoms with E-state index in [4.69, 9.17) is 11.6 Å². The van der Waals surface area contributed by atoms with Gasteiger partial charge in [-0.15, -0.1) is 0 Å². The van der Waals surface area contributed by atoms with E-state index in [1.54, 1.807) is 6.92 Å². The van der Waals surface area contributed by atoms with Gasteiger partial charge in [0, 0.05) is 17.9 Å². The van der Waals surface area contributed by atoms with E-state index < -0.39 is 0 Å². The molecule has 28 heavy (non-hydrogen) atoms. The van der Waals surface area contributed by atoms with Crippen LogP contribution >= 0.6 is 11.6 Å². The molecule has 0 saturated heterocycles. The third-order valence-electron chi connectivity index (χ3n) is 7.02. The van der Waals surface area contributed by atoms with E-state index >= 15 is 0 Å². The third-order valence-corrected chi connectivity index (χ3v) is 7.48. The molecule has 0 aromatic heterocycles. The topological polar surface area (TPSA) is 74.6 Å². The number of carbonyl (C=O) groups is 2. The van der Waals surface area contributed by atoms with E-state index in [0.29, 0.717) is 30.0 Å². The molecule has 1 saturated carbocycles. The Bertz CT molecular complexity index is 812. The van der Waals surface area contributed by atoms with Crippen LogP contribution in [-0.2, 0) is 11.2 Å². The van der Waals surface area contributed by atoms with Gasteiger partial charge in [0.25, 0.3) is 0 Å². The summed E-state index contributed by atoms with van der Waals surface area (Å²) in [6.45, 7) is 10.1. The number of hydrogen-bond acceptors (Lipinski definition) is 4. The largest absolute Gasteiger partial charge is 0.507 e. The minimum Gasteiger partial charge on any atom is -0.507 e. The van der Waals surface area contributed by atoms with E-state index in [1.807, 2.05) is 19.9 Å². The van der Waals surface area contributed by atoms with Crippen molar-refractivity contribution in [1.29, 1.82) is 0 Å². The monoisotopic (exact) mass is 406 g/mol. The SMILES string of the molecule is CC(=CCc1c(O)c(Cl)c(C)c(C=O)c1O)CC[C@@]1(C)[C@H](C)C(=O)CC[C@@H]1C. The van der Waals surface area contributed by atoms with E-state index in [2.05, 4.69) is 13.8 Å². The van der Waals surface area contributed by atoms with Gasteiger partial charge in [0.2, 0.25) is 0 Å². The highest BCUT2D eigenvalue weighted by atomic mass is 35.5. The molecule has 0 spiro atoms. The van der Waals surface area contributed by atoms with Gasteiger partial charge in [-0.25, -0.2) is 0 Å². The maximum atomic E-state index is 12.2. The van der Waals surface area contributed by atoms with Crippen LogP contribution in [0.4, 0.5) is 0 Å². The summed E-state index contributed by atoms with van der Waals surface area (Å²) in [7, 11) is 0. The molecule has 3 atom stereocenters. The molecular weight excluding hydrogens is 376 g/mol. The maximum absolute atomic E-state index is 12.2. The Hall–Kier alpha value is -1.81. The lowest BCUT2D eigenvalue weighted by Gasteiger charge is -2.44. The first-order chi connectivity index (χ1) is 13.0. The third kappa shape index (κ3) is 4.12. The molecule has 5 heteroatoms. The van der Waals surface area contributed by atoms with Crippen LogP contribution in [0.1, 0.15) is 74.9 Å². The number of phenolic OH excluding ortho intramolecular Hbond substituents is 2. The second-order valence-electron chi connectivity index (χ2n) is 8.53. The van der Waals surface area contributed by atoms with E-state index in [9.17, 15) is 19.8 Å². The van der Waals surface area contributed by atoms with Gasteiger partial charge in [0.15, 0.2) is 6.29 Å². The molecule has 1 fully saturated rings. The predicted octanol–water partition coefficient (Wildman–Crippen LogP) is 5.78. The lowest BCUT2D eigenvalue weighted by atomic mass is 9.59. The number of carbonyl (C=O) groups excluding carboxylic acids is 2. The quantitative estimate of drug-likeness (QED) is 0.463. The number of phenols is 2. The fourth-order valence-corrected chi connectivity index (χ4v) is 4.44. The van der Waals surface area contributed by atoms with Crippen LogP contribution in [0.15, 0.2) is 11.6 Å². The second-order valence-corrected chi connectivity index (χ2v) is 8.91. The molecule has 1 aromatic carbocycles. The lowest BCUT2D eigenvalue weighted by Crippen LogP contribution is -2.41. The first-order valence-electron chi connectivity index (χ1n) is 9.90. The molecule has 4 nitrogen and oxygen atoms in total. The van der Waals surface area contributed by atoms with Crippen LogP contribution in [0.25, 0.3) is 0 Å². The van der Waals surface area contributed by atoms with Gasteiger partial charge in [-0.2, -0.15) is 0 Å². The van der Waals surface area contributed by atoms with Gasteiger partial charge in [-0.1, -0.05) is 44.0 Å². The van der Waals surface area contributed by atoms with Crippen molar-refractivity contribution in [2.24, 2.45) is 17.3 Å². The Morgan fingerprint density at radius 1 is 1.29 bits per heavy atom. The van der Waals surface area contributed by atoms with E-state index in [-0.39, 0.29) is 45.4 Å². The maximum Gasteiger partial charge on any atom is 0.154 e. The first kappa shape index (κ1) is 22.5. The molecule has 1 aliphatic carbocycles. The van der Waals surface area contributed by atoms with Gasteiger partial charge in [0.1, 0.15) is 17.3 Å². The summed E-state index contributed by atoms with van der Waals surface area (Å²) in [5.41, 5.74) is 1.83. The number of ketones is 1. The molecule has 2 rings (SSSR count). The van der Waals surface area contributed by atoms with Gasteiger partial charge in [-0.05, 0) is 56.4 Å². The zero-order chi connectivity index (χ0) is 21.2. The summed E-state index contributed by atoms with van der Waals surface area (Å²) in [5.74, 6) is 0.507. The van der Waals surface area contributed by atoms with Crippen molar-refractivity contribution in [1.82, 2.24) is 0 Å². The van der Waals surface area contributed by atoms with Crippen molar-refractivity contribution < 1.29 is 19.8 Å². The van der Waals surface area contributed by atoms with Crippen molar-refractivity contribution >= 4 is 23.7 Å². The normalized spacial score (nSPS) is 25.8. The summed E-state index contributed by atoms with van der Waals surface area (Å²) in [5, 5.41) is 20.7. The van der Waals surface area contributed by atoms with E-state index in [0.717, 1.165) is 24.8 Å². The molecule has 2 N–H and O–H groups in total. The Labute approximate surface area is 172 Å². The number of aromatic hydroxyl groups is 2. The van der Waals surface area contributed by atoms with Crippen LogP contribution < -0.4 is 0 Å². The van der Waals surface area contributed by atoms with E-state index in [1.165, 1.54) is 0 Å². The van der Waals surface area contributed by atoms with Crippen LogP contribution in [0.2, 0.25) is 5.02 Å². The average Bonchev–Trinajstić information content (AvgIpc) is 2.66. The lowest BCUT2D eigenvalue weighted by molar-refractivity contribution is -0.132. The smallest absolute Gasteiger partial charge is 0.154 e. The predicted molar refractivity (Wildman–Crippen MR) is 112 cm³/mol. The summed E-state index contributed by atoms with van der Waals surface area (Å²) >= 11 is 6.11. The van der Waals surface area contributed by atoms with Crippen LogP contribution in [0, 0.1) is 24.2 Å². The zero-order valence-corrected chi connectivity index (χ0v) is 18.2. The van der Waals surface area contributed by atoms with Crippen molar-refractivity contribution in [3.63, 3.8) is 0 Å². The minimum absolute atomic E-state index is 0.0213. The molecular formula is C23H31ClO4. The Balaban J connectivity index is 2.17. The van der Waals surface area contributed by atoms with Crippen molar-refractivity contribution in [3.05, 3.63) is 33.4 Å². The molecule has 0 unspecified atom stereocenters. The molecule has 0 bridgehead atoms. The van der Waals surface area contributed by atoms with Crippen molar-refractivity contribution in [3.8, 4) is 11.5 Å². The van der Waals surface area contributed by atoms with Gasteiger partial charge in [0.05, 0.1) is 10.6 Å². The standard InChI is InChI=1S/C23H31ClO4/c1-13(10-11-23(5)14(2)7-9-19(26)16(23)4)6-8-17-21(27)18(12-25)15(3)20(24)22(17)28/h6,12,14,16,27-28H,7-11H2,1-5H3/t14-,16+,23+/m0/s1. The number of Topliss-reactive ketones (excluding diaryl/α,β-unsaturated/α-hetero) is 1. The highest BCUT2D eigenvalue weighted by molar-refractivity contribution is 6.33. The van der Waals surface area contributed by atoms with Crippen LogP contribution in [-0.4, -0.2) is 22.3 Å². The summed E-state index contributed by atoms with van der Waals surface area (Å²) in [4.78, 5) is 23.5. The van der Waals surface area contributed by atoms with Crippen LogP contribution in [0.3, 0.4) is 0 Å². The van der Waals surface area contributed by atoms with Crippen LogP contribution in [0.5, 0.6) is 11.5 Å². The molecule has 1 aliphatic rings. The zero-order valence-electron chi connectivity index (χ0n) is 17.4. The summed E-state index contributed by atoms with van der Waals surface area (Å²) in [6.07, 6.45) is 6.15. The highest BCUT2D eigenvalue weighted by Gasteiger charge is 2.42. The Morgan fingerprint density at radius 3 is 2.54 bits per heavy atom. The first-order valence-corrected chi connectivity index (χ1v) is 10.3. The summed E-state index contributed by atoms with van der Waals surface area (Å²) < 4.78 is 0. The summed E-state index contributed by atoms with van der Waals surface area (Å²) in [6, 6.07) is 0. The fraction of sp³-hybridized carbons (Fsp3) is 0.565. The number of aldehydes is 1. The molecule has 0 heterocycles. The van der Waals surface area contributed by atoms with Crippen molar-refractivity contribution in [2.45, 2.75) is 66.7 Å². The average molecular weight is 407 g/mol. The van der Waals surface area contributed by atoms with Crippen molar-refractivity contribution in [2.75, 3.05) is 0 Å². The van der Waals surface area contributed by atoms with Gasteiger partial charge < -0.3 is 10.2 Å². The molecule has 0 radical (unpaired) electrons. The molecule has 0 aliphatic heterocycles. The Kier molecular flexibility index (Phi) is 6.97. The molecule has 1 aromatic rings. The number of rotatable bonds is 6.